The zero-order chi connectivity index (χ0) is 20.5. The van der Waals surface area contributed by atoms with Crippen molar-refractivity contribution in [2.45, 2.75) is 31.3 Å². The Morgan fingerprint density at radius 3 is 2.54 bits per heavy atom. The molecule has 0 aliphatic carbocycles. The van der Waals surface area contributed by atoms with Gasteiger partial charge in [0.2, 0.25) is 11.8 Å². The molecule has 0 aliphatic rings. The lowest BCUT2D eigenvalue weighted by Crippen LogP contribution is -2.51. The second kappa shape index (κ2) is 10.5. The maximum Gasteiger partial charge on any atom is 0.238 e. The van der Waals surface area contributed by atoms with Crippen LogP contribution >= 0.6 is 0 Å². The smallest absolute Gasteiger partial charge is 0.238 e. The van der Waals surface area contributed by atoms with Gasteiger partial charge >= 0.3 is 0 Å². The Bertz CT molecular complexity index is 832. The van der Waals surface area contributed by atoms with Gasteiger partial charge in [0.15, 0.2) is 5.78 Å². The van der Waals surface area contributed by atoms with Crippen molar-refractivity contribution < 1.29 is 19.1 Å². The number of rotatable bonds is 10. The lowest BCUT2D eigenvalue weighted by atomic mass is 9.98. The van der Waals surface area contributed by atoms with E-state index in [1.807, 2.05) is 42.5 Å². The average molecular weight is 385 g/mol. The third-order valence-corrected chi connectivity index (χ3v) is 4.58. The monoisotopic (exact) mass is 385 g/mol. The topological polar surface area (TPSA) is 111 Å². The number of Topliss-reactive ketones (excluding diaryl/α,β-unsaturated/α-hetero) is 1. The van der Waals surface area contributed by atoms with Crippen molar-refractivity contribution in [1.82, 2.24) is 10.6 Å². The minimum absolute atomic E-state index is 0.0484. The van der Waals surface area contributed by atoms with E-state index >= 15 is 0 Å². The normalized spacial score (nSPS) is 13.0. The predicted molar refractivity (Wildman–Crippen MR) is 108 cm³/mol. The second-order valence-electron chi connectivity index (χ2n) is 6.60. The summed E-state index contributed by atoms with van der Waals surface area (Å²) >= 11 is 0. The molecule has 0 aromatic heterocycles. The Hall–Kier alpha value is -2.77. The van der Waals surface area contributed by atoms with Crippen molar-refractivity contribution in [2.75, 3.05) is 20.8 Å². The number of nitrogens with one attached hydrogen (secondary N) is 2. The first-order valence-corrected chi connectivity index (χ1v) is 9.21. The zero-order valence-electron chi connectivity index (χ0n) is 16.2. The van der Waals surface area contributed by atoms with Crippen molar-refractivity contribution in [3.63, 3.8) is 0 Å². The quantitative estimate of drug-likeness (QED) is 0.564. The lowest BCUT2D eigenvalue weighted by Gasteiger charge is -2.19. The Labute approximate surface area is 164 Å². The van der Waals surface area contributed by atoms with Crippen LogP contribution in [-0.2, 0) is 25.5 Å². The van der Waals surface area contributed by atoms with Crippen molar-refractivity contribution in [3.8, 4) is 0 Å². The van der Waals surface area contributed by atoms with Crippen LogP contribution in [-0.4, -0.2) is 50.4 Å². The number of nitrogens with two attached hydrogens (primary N) is 1. The van der Waals surface area contributed by atoms with Crippen LogP contribution in [0.4, 0.5) is 0 Å². The summed E-state index contributed by atoms with van der Waals surface area (Å²) in [5.74, 6) is -1.03. The largest absolute Gasteiger partial charge is 0.382 e. The maximum atomic E-state index is 12.7. The third-order valence-electron chi connectivity index (χ3n) is 4.58. The first-order valence-electron chi connectivity index (χ1n) is 9.21. The highest BCUT2D eigenvalue weighted by Gasteiger charge is 2.24. The van der Waals surface area contributed by atoms with Gasteiger partial charge in [-0.15, -0.1) is 0 Å². The standard InChI is InChI=1S/C21H27N3O4/c1-23-20(26)12-17(22)21(27)24-18(13-28-2)19(25)11-10-15-8-5-7-14-6-3-4-9-16(14)15/h3-9,17-18H,10-13,22H2,1-2H3,(H,23,26)(H,24,27)/t17-,18-/m0/s1. The number of benzene rings is 2. The Morgan fingerprint density at radius 2 is 1.82 bits per heavy atom. The highest BCUT2D eigenvalue weighted by molar-refractivity contribution is 5.93. The molecule has 4 N–H and O–H groups in total. The van der Waals surface area contributed by atoms with E-state index in [9.17, 15) is 14.4 Å². The van der Waals surface area contributed by atoms with Crippen molar-refractivity contribution >= 4 is 28.4 Å². The number of ketones is 1. The number of hydrogen-bond acceptors (Lipinski definition) is 5. The van der Waals surface area contributed by atoms with Gasteiger partial charge in [-0.05, 0) is 22.8 Å². The highest BCUT2D eigenvalue weighted by Crippen LogP contribution is 2.20. The summed E-state index contributed by atoms with van der Waals surface area (Å²) in [6.07, 6.45) is 0.666. The summed E-state index contributed by atoms with van der Waals surface area (Å²) < 4.78 is 5.07. The number of carbonyl (C=O) groups excluding carboxylic acids is 3. The number of amides is 2. The van der Waals surface area contributed by atoms with E-state index in [0.29, 0.717) is 6.42 Å². The Kier molecular flexibility index (Phi) is 8.10. The molecule has 0 saturated carbocycles. The van der Waals surface area contributed by atoms with Crippen LogP contribution in [0.5, 0.6) is 0 Å². The van der Waals surface area contributed by atoms with Crippen molar-refractivity contribution in [2.24, 2.45) is 5.73 Å². The molecule has 0 radical (unpaired) electrons. The van der Waals surface area contributed by atoms with Gasteiger partial charge in [-0.25, -0.2) is 0 Å². The minimum Gasteiger partial charge on any atom is -0.382 e. The summed E-state index contributed by atoms with van der Waals surface area (Å²) in [6.45, 7) is 0.0484. The molecule has 7 nitrogen and oxygen atoms in total. The van der Waals surface area contributed by atoms with E-state index in [2.05, 4.69) is 10.6 Å². The van der Waals surface area contributed by atoms with E-state index in [1.54, 1.807) is 0 Å². The van der Waals surface area contributed by atoms with E-state index in [0.717, 1.165) is 16.3 Å². The van der Waals surface area contributed by atoms with Gasteiger partial charge in [0.25, 0.3) is 0 Å². The van der Waals surface area contributed by atoms with E-state index in [1.165, 1.54) is 14.2 Å². The van der Waals surface area contributed by atoms with Crippen molar-refractivity contribution in [1.29, 1.82) is 0 Å². The highest BCUT2D eigenvalue weighted by atomic mass is 16.5. The van der Waals surface area contributed by atoms with Gasteiger partial charge < -0.3 is 21.1 Å². The molecule has 0 bridgehead atoms. The molecular weight excluding hydrogens is 358 g/mol. The number of fused-ring (bicyclic) bond motifs is 1. The zero-order valence-corrected chi connectivity index (χ0v) is 16.2. The first-order chi connectivity index (χ1) is 13.5. The molecule has 0 heterocycles. The fourth-order valence-corrected chi connectivity index (χ4v) is 3.00. The third kappa shape index (κ3) is 5.87. The van der Waals surface area contributed by atoms with Crippen LogP contribution in [0.3, 0.4) is 0 Å². The van der Waals surface area contributed by atoms with E-state index in [-0.39, 0.29) is 31.1 Å². The maximum absolute atomic E-state index is 12.7. The van der Waals surface area contributed by atoms with Gasteiger partial charge in [-0.1, -0.05) is 42.5 Å². The Balaban J connectivity index is 2.00. The van der Waals surface area contributed by atoms with Crippen LogP contribution < -0.4 is 16.4 Å². The molecule has 150 valence electrons. The van der Waals surface area contributed by atoms with Crippen LogP contribution in [0.25, 0.3) is 10.8 Å². The molecular formula is C21H27N3O4. The van der Waals surface area contributed by atoms with Crippen LogP contribution in [0, 0.1) is 0 Å². The molecule has 2 rings (SSSR count). The van der Waals surface area contributed by atoms with E-state index < -0.39 is 18.0 Å². The molecule has 0 aliphatic heterocycles. The number of ether oxygens (including phenoxy) is 1. The molecule has 2 aromatic carbocycles. The van der Waals surface area contributed by atoms with E-state index in [4.69, 9.17) is 10.5 Å². The molecule has 0 spiro atoms. The minimum atomic E-state index is -1.02. The summed E-state index contributed by atoms with van der Waals surface area (Å²) in [6, 6.07) is 12.2. The molecule has 0 saturated heterocycles. The number of methoxy groups -OCH3 is 1. The molecule has 7 heteroatoms. The van der Waals surface area contributed by atoms with Gasteiger partial charge in [0.1, 0.15) is 6.04 Å². The molecule has 2 aromatic rings. The summed E-state index contributed by atoms with van der Waals surface area (Å²) in [4.78, 5) is 36.2. The molecule has 2 amide bonds. The van der Waals surface area contributed by atoms with Gasteiger partial charge in [0.05, 0.1) is 19.1 Å². The molecule has 28 heavy (non-hydrogen) atoms. The number of carbonyl (C=O) groups is 3. The predicted octanol–water partition coefficient (Wildman–Crippen LogP) is 0.936. The SMILES string of the molecule is CNC(=O)C[C@H](N)C(=O)N[C@@H](COC)C(=O)CCc1cccc2ccccc12. The number of hydrogen-bond donors (Lipinski definition) is 3. The van der Waals surface area contributed by atoms with Gasteiger partial charge in [0, 0.05) is 20.6 Å². The number of aryl methyl sites for hydroxylation is 1. The second-order valence-corrected chi connectivity index (χ2v) is 6.60. The van der Waals surface area contributed by atoms with Crippen molar-refractivity contribution in [3.05, 3.63) is 48.0 Å². The van der Waals surface area contributed by atoms with Crippen LogP contribution in [0.1, 0.15) is 18.4 Å². The first kappa shape index (κ1) is 21.5. The van der Waals surface area contributed by atoms with Gasteiger partial charge in [-0.2, -0.15) is 0 Å². The molecule has 0 unspecified atom stereocenters. The van der Waals surface area contributed by atoms with Crippen LogP contribution in [0.15, 0.2) is 42.5 Å². The summed E-state index contributed by atoms with van der Waals surface area (Å²) in [5, 5.41) is 7.25. The molecule has 0 fully saturated rings. The summed E-state index contributed by atoms with van der Waals surface area (Å²) in [5.41, 5.74) is 6.81. The lowest BCUT2D eigenvalue weighted by molar-refractivity contribution is -0.131. The van der Waals surface area contributed by atoms with Gasteiger partial charge in [-0.3, -0.25) is 14.4 Å². The fourth-order valence-electron chi connectivity index (χ4n) is 3.00. The Morgan fingerprint density at radius 1 is 1.11 bits per heavy atom. The van der Waals surface area contributed by atoms with Crippen LogP contribution in [0.2, 0.25) is 0 Å². The average Bonchev–Trinajstić information content (AvgIpc) is 2.71. The molecule has 2 atom stereocenters. The summed E-state index contributed by atoms with van der Waals surface area (Å²) in [7, 11) is 2.93. The fraction of sp³-hybridized carbons (Fsp3) is 0.381.